The van der Waals surface area contributed by atoms with Crippen LogP contribution < -0.4 is 15.7 Å². The van der Waals surface area contributed by atoms with Crippen LogP contribution in [0.3, 0.4) is 0 Å². The lowest BCUT2D eigenvalue weighted by Gasteiger charge is -2.22. The van der Waals surface area contributed by atoms with Gasteiger partial charge in [0.15, 0.2) is 5.82 Å². The van der Waals surface area contributed by atoms with E-state index in [1.165, 1.54) is 24.6 Å². The first-order valence-electron chi connectivity index (χ1n) is 11.7. The molecule has 4 rings (SSSR count). The fourth-order valence-corrected chi connectivity index (χ4v) is 4.52. The summed E-state index contributed by atoms with van der Waals surface area (Å²) in [5, 5.41) is 7.62. The number of carbonyl (C=O) groups excluding carboxylic acids is 1. The van der Waals surface area contributed by atoms with Gasteiger partial charge in [-0.1, -0.05) is 43.0 Å². The van der Waals surface area contributed by atoms with Crippen LogP contribution >= 0.6 is 11.6 Å². The number of hydrogen-bond acceptors (Lipinski definition) is 4. The van der Waals surface area contributed by atoms with Crippen LogP contribution in [-0.2, 0) is 24.4 Å². The number of ether oxygens (including phenoxy) is 1. The number of nitrogens with zero attached hydrogens (tertiary/aromatic N) is 3. The highest BCUT2D eigenvalue weighted by atomic mass is 35.5. The molecule has 36 heavy (non-hydrogen) atoms. The van der Waals surface area contributed by atoms with Crippen LogP contribution in [-0.4, -0.2) is 26.6 Å². The minimum Gasteiger partial charge on any atom is -0.406 e. The molecule has 0 unspecified atom stereocenters. The summed E-state index contributed by atoms with van der Waals surface area (Å²) in [4.78, 5) is 25.8. The van der Waals surface area contributed by atoms with Crippen molar-refractivity contribution in [3.63, 3.8) is 0 Å². The quantitative estimate of drug-likeness (QED) is 0.443. The predicted molar refractivity (Wildman–Crippen MR) is 128 cm³/mol. The van der Waals surface area contributed by atoms with Crippen LogP contribution in [0, 0.1) is 5.92 Å². The van der Waals surface area contributed by atoms with Crippen LogP contribution in [0.2, 0.25) is 5.02 Å². The Morgan fingerprint density at radius 3 is 2.53 bits per heavy atom. The molecule has 0 radical (unpaired) electrons. The molecule has 1 N–H and O–H groups in total. The van der Waals surface area contributed by atoms with Gasteiger partial charge in [-0.25, -0.2) is 9.48 Å². The monoisotopic (exact) mass is 522 g/mol. The molecule has 1 fully saturated rings. The zero-order chi connectivity index (χ0) is 25.7. The number of nitrogens with one attached hydrogen (secondary N) is 1. The van der Waals surface area contributed by atoms with Crippen molar-refractivity contribution in [1.29, 1.82) is 0 Å². The maximum Gasteiger partial charge on any atom is 0.573 e. The van der Waals surface area contributed by atoms with E-state index in [9.17, 15) is 22.8 Å². The number of aromatic nitrogens is 3. The van der Waals surface area contributed by atoms with Gasteiger partial charge in [0.1, 0.15) is 12.3 Å². The predicted octanol–water partition coefficient (Wildman–Crippen LogP) is 5.16. The highest BCUT2D eigenvalue weighted by molar-refractivity contribution is 6.30. The highest BCUT2D eigenvalue weighted by Crippen LogP contribution is 2.27. The van der Waals surface area contributed by atoms with Crippen LogP contribution in [0.5, 0.6) is 5.75 Å². The minimum atomic E-state index is -4.80. The Balaban J connectivity index is 1.49. The van der Waals surface area contributed by atoms with Gasteiger partial charge in [-0.15, -0.1) is 18.3 Å². The summed E-state index contributed by atoms with van der Waals surface area (Å²) in [7, 11) is 0. The van der Waals surface area contributed by atoms with Gasteiger partial charge in [0, 0.05) is 23.7 Å². The Hall–Kier alpha value is -3.27. The van der Waals surface area contributed by atoms with Crippen LogP contribution in [0.4, 0.5) is 13.2 Å². The molecule has 192 valence electrons. The van der Waals surface area contributed by atoms with Crippen molar-refractivity contribution in [2.45, 2.75) is 58.1 Å². The molecular weight excluding hydrogens is 497 g/mol. The van der Waals surface area contributed by atoms with Crippen molar-refractivity contribution >= 4 is 17.5 Å². The van der Waals surface area contributed by atoms with E-state index in [0.717, 1.165) is 30.4 Å². The summed E-state index contributed by atoms with van der Waals surface area (Å²) in [6, 6.07) is 12.3. The molecule has 0 aliphatic heterocycles. The summed E-state index contributed by atoms with van der Waals surface area (Å²) in [5.41, 5.74) is 0.747. The summed E-state index contributed by atoms with van der Waals surface area (Å²) in [6.07, 6.45) is 0.717. The number of rotatable bonds is 8. The molecule has 7 nitrogen and oxygen atoms in total. The number of benzene rings is 2. The number of hydrogen-bond donors (Lipinski definition) is 1. The van der Waals surface area contributed by atoms with Crippen molar-refractivity contribution in [3.8, 4) is 17.1 Å². The second-order valence-corrected chi connectivity index (χ2v) is 9.29. The zero-order valence-corrected chi connectivity index (χ0v) is 20.2. The third-order valence-corrected chi connectivity index (χ3v) is 6.36. The largest absolute Gasteiger partial charge is 0.573 e. The van der Waals surface area contributed by atoms with Gasteiger partial charge in [0.2, 0.25) is 5.91 Å². The molecule has 1 aliphatic carbocycles. The Morgan fingerprint density at radius 1 is 1.11 bits per heavy atom. The Kier molecular flexibility index (Phi) is 8.03. The Morgan fingerprint density at radius 2 is 1.83 bits per heavy atom. The van der Waals surface area contributed by atoms with E-state index >= 15 is 0 Å². The molecule has 11 heteroatoms. The molecule has 0 spiro atoms. The van der Waals surface area contributed by atoms with Gasteiger partial charge < -0.3 is 10.1 Å². The molecule has 1 aromatic heterocycles. The fourth-order valence-electron chi connectivity index (χ4n) is 4.39. The van der Waals surface area contributed by atoms with E-state index in [0.29, 0.717) is 34.4 Å². The van der Waals surface area contributed by atoms with Gasteiger partial charge in [-0.2, -0.15) is 0 Å². The summed E-state index contributed by atoms with van der Waals surface area (Å²) >= 11 is 6.02. The maximum absolute atomic E-state index is 13.2. The molecule has 1 saturated carbocycles. The third kappa shape index (κ3) is 6.90. The van der Waals surface area contributed by atoms with E-state index in [2.05, 4.69) is 15.2 Å². The van der Waals surface area contributed by atoms with Crippen LogP contribution in [0.1, 0.15) is 37.7 Å². The van der Waals surface area contributed by atoms with Gasteiger partial charge in [0.05, 0.1) is 0 Å². The molecular formula is C25H26ClF3N4O3. The Bertz CT molecular complexity index is 1250. The smallest absolute Gasteiger partial charge is 0.406 e. The minimum absolute atomic E-state index is 0.0323. The molecule has 0 bridgehead atoms. The third-order valence-electron chi connectivity index (χ3n) is 6.11. The average Bonchev–Trinajstić information content (AvgIpc) is 3.13. The van der Waals surface area contributed by atoms with E-state index in [1.54, 1.807) is 34.9 Å². The average molecular weight is 523 g/mol. The maximum atomic E-state index is 13.2. The highest BCUT2D eigenvalue weighted by Gasteiger charge is 2.31. The molecule has 0 atom stereocenters. The number of carbonyl (C=O) groups is 1. The normalized spacial score (nSPS) is 14.6. The summed E-state index contributed by atoms with van der Waals surface area (Å²) < 4.78 is 44.0. The second-order valence-electron chi connectivity index (χ2n) is 8.86. The van der Waals surface area contributed by atoms with E-state index in [-0.39, 0.29) is 24.5 Å². The van der Waals surface area contributed by atoms with Gasteiger partial charge in [-0.3, -0.25) is 9.36 Å². The topological polar surface area (TPSA) is 78.2 Å². The standard InChI is InChI=1S/C25H26ClF3N4O3/c26-20-11-9-19(10-12-20)23-31-33(24(35)32(23)15-17-5-2-1-3-6-17)16-22(34)30-14-18-7-4-8-21(13-18)36-25(27,28)29/h4,7-13,17H,1-3,5-6,14-16H2,(H,30,34). The summed E-state index contributed by atoms with van der Waals surface area (Å²) in [5.74, 6) is -0.0454. The van der Waals surface area contributed by atoms with E-state index < -0.39 is 12.3 Å². The molecule has 0 saturated heterocycles. The zero-order valence-electron chi connectivity index (χ0n) is 19.4. The van der Waals surface area contributed by atoms with Crippen LogP contribution in [0.25, 0.3) is 11.4 Å². The van der Waals surface area contributed by atoms with Crippen molar-refractivity contribution in [3.05, 3.63) is 69.6 Å². The first-order chi connectivity index (χ1) is 17.2. The molecule has 1 aliphatic rings. The second kappa shape index (κ2) is 11.2. The molecule has 2 aromatic carbocycles. The van der Waals surface area contributed by atoms with Crippen molar-refractivity contribution in [2.24, 2.45) is 5.92 Å². The number of alkyl halides is 3. The van der Waals surface area contributed by atoms with Gasteiger partial charge >= 0.3 is 12.1 Å². The lowest BCUT2D eigenvalue weighted by atomic mass is 9.89. The molecule has 1 amide bonds. The summed E-state index contributed by atoms with van der Waals surface area (Å²) in [6.45, 7) is 0.162. The van der Waals surface area contributed by atoms with Crippen molar-refractivity contribution in [2.75, 3.05) is 0 Å². The lowest BCUT2D eigenvalue weighted by Crippen LogP contribution is -2.34. The van der Waals surface area contributed by atoms with Crippen LogP contribution in [0.15, 0.2) is 53.3 Å². The molecule has 1 heterocycles. The van der Waals surface area contributed by atoms with Gasteiger partial charge in [-0.05, 0) is 60.7 Å². The Labute approximate surface area is 210 Å². The van der Waals surface area contributed by atoms with Crippen molar-refractivity contribution in [1.82, 2.24) is 19.7 Å². The van der Waals surface area contributed by atoms with Crippen molar-refractivity contribution < 1.29 is 22.7 Å². The first-order valence-corrected chi connectivity index (χ1v) is 12.1. The van der Waals surface area contributed by atoms with Gasteiger partial charge in [0.25, 0.3) is 0 Å². The SMILES string of the molecule is O=C(Cn1nc(-c2ccc(Cl)cc2)n(CC2CCCCC2)c1=O)NCc1cccc(OC(F)(F)F)c1. The lowest BCUT2D eigenvalue weighted by molar-refractivity contribution is -0.274. The number of halogens is 4. The molecule has 3 aromatic rings. The fraction of sp³-hybridized carbons (Fsp3) is 0.400. The van der Waals surface area contributed by atoms with E-state index in [4.69, 9.17) is 11.6 Å². The first kappa shape index (κ1) is 25.8. The number of amides is 1. The van der Waals surface area contributed by atoms with E-state index in [1.807, 2.05) is 0 Å².